The number of aryl methyl sites for hydroxylation is 1. The first kappa shape index (κ1) is 25.6. The number of carbonyl (C=O) groups is 1. The first-order valence-corrected chi connectivity index (χ1v) is 8.99. The third-order valence-electron chi connectivity index (χ3n) is 3.84. The van der Waals surface area contributed by atoms with Crippen molar-refractivity contribution in [2.24, 2.45) is 10.1 Å². The molecule has 0 amide bonds. The number of anilines is 1. The van der Waals surface area contributed by atoms with Crippen LogP contribution >= 0.6 is 0 Å². The Labute approximate surface area is 178 Å². The summed E-state index contributed by atoms with van der Waals surface area (Å²) in [6, 6.07) is 6.90. The molecule has 0 unspecified atom stereocenters. The molecule has 0 aliphatic heterocycles. The Morgan fingerprint density at radius 3 is 2.32 bits per heavy atom. The molecule has 0 heterocycles. The summed E-state index contributed by atoms with van der Waals surface area (Å²) in [5, 5.41) is 8.10. The molecule has 0 aromatic heterocycles. The van der Waals surface area contributed by atoms with Crippen molar-refractivity contribution < 1.29 is 27.1 Å². The van der Waals surface area contributed by atoms with Gasteiger partial charge >= 0.3 is 0 Å². The predicted molar refractivity (Wildman–Crippen MR) is 113 cm³/mol. The number of nitrogens with one attached hydrogen (secondary N) is 1. The predicted octanol–water partition coefficient (Wildman–Crippen LogP) is 4.13. The number of carbonyl (C=O) groups excluding carboxylic acids is 1. The molecular formula is C21H24F4N4O2. The van der Waals surface area contributed by atoms with Crippen LogP contribution < -0.4 is 10.1 Å². The Balaban J connectivity index is 0.00000151. The van der Waals surface area contributed by atoms with Gasteiger partial charge in [0.25, 0.3) is 0 Å². The number of hydrogen-bond donors (Lipinski definition) is 1. The third-order valence-corrected chi connectivity index (χ3v) is 3.84. The summed E-state index contributed by atoms with van der Waals surface area (Å²) in [4.78, 5) is 14.1. The molecule has 168 valence electrons. The Kier molecular flexibility index (Phi) is 10.7. The average molecular weight is 440 g/mol. The average Bonchev–Trinajstić information content (AvgIpc) is 2.74. The number of rotatable bonds is 9. The van der Waals surface area contributed by atoms with Gasteiger partial charge in [-0.05, 0) is 55.1 Å². The fourth-order valence-corrected chi connectivity index (χ4v) is 2.44. The second-order valence-corrected chi connectivity index (χ2v) is 6.21. The fourth-order valence-electron chi connectivity index (χ4n) is 2.44. The Morgan fingerprint density at radius 1 is 1.23 bits per heavy atom. The number of benzene rings is 2. The van der Waals surface area contributed by atoms with E-state index in [-0.39, 0.29) is 25.1 Å². The van der Waals surface area contributed by atoms with Gasteiger partial charge in [0.15, 0.2) is 23.7 Å². The van der Waals surface area contributed by atoms with E-state index < -0.39 is 29.8 Å². The van der Waals surface area contributed by atoms with Crippen LogP contribution in [0.15, 0.2) is 40.4 Å². The maximum atomic E-state index is 13.4. The van der Waals surface area contributed by atoms with E-state index in [1.165, 1.54) is 12.1 Å². The minimum atomic E-state index is -1.58. The molecule has 2 aromatic carbocycles. The summed E-state index contributed by atoms with van der Waals surface area (Å²) in [5.41, 5.74) is 1.24. The van der Waals surface area contributed by atoms with Gasteiger partial charge in [-0.15, -0.1) is 0 Å². The highest BCUT2D eigenvalue weighted by Crippen LogP contribution is 2.21. The summed E-state index contributed by atoms with van der Waals surface area (Å²) in [6.45, 7) is 3.65. The van der Waals surface area contributed by atoms with Gasteiger partial charge in [0.05, 0.1) is 13.7 Å². The van der Waals surface area contributed by atoms with E-state index in [1.807, 2.05) is 6.92 Å². The standard InChI is InChI=1S/C19H19F4N3O2.C2H5N/c1-12-5-15(28-2)3-4-18(12)24-11-26(25-14(8-20)10-27)9-13-6-16(21)19(23)17(22)7-13;1-3-2/h3-7,10,24H,8-9,11H2,1-2H3;1H2,2H3/b25-14-;. The normalized spacial score (nSPS) is 10.6. The molecule has 31 heavy (non-hydrogen) atoms. The Morgan fingerprint density at radius 2 is 1.84 bits per heavy atom. The zero-order valence-electron chi connectivity index (χ0n) is 17.5. The highest BCUT2D eigenvalue weighted by atomic mass is 19.2. The van der Waals surface area contributed by atoms with E-state index in [4.69, 9.17) is 4.74 Å². The van der Waals surface area contributed by atoms with Crippen LogP contribution in [0.1, 0.15) is 11.1 Å². The van der Waals surface area contributed by atoms with Crippen LogP contribution in [0.3, 0.4) is 0 Å². The molecule has 2 rings (SSSR count). The van der Waals surface area contributed by atoms with Crippen LogP contribution in [0, 0.1) is 24.4 Å². The maximum Gasteiger partial charge on any atom is 0.194 e. The lowest BCUT2D eigenvalue weighted by atomic mass is 10.2. The van der Waals surface area contributed by atoms with Gasteiger partial charge in [0, 0.05) is 12.7 Å². The number of nitrogens with zero attached hydrogens (tertiary/aromatic N) is 3. The number of alkyl halides is 1. The third kappa shape index (κ3) is 8.07. The first-order valence-electron chi connectivity index (χ1n) is 8.99. The molecule has 0 radical (unpaired) electrons. The van der Waals surface area contributed by atoms with Crippen molar-refractivity contribution in [1.29, 1.82) is 0 Å². The van der Waals surface area contributed by atoms with Gasteiger partial charge < -0.3 is 15.0 Å². The SMILES string of the molecule is C=NC.COc1ccc(NCN(Cc2cc(F)c(F)c(F)c2)/N=C(\C=O)CF)c(C)c1. The van der Waals surface area contributed by atoms with Crippen molar-refractivity contribution in [3.05, 3.63) is 58.9 Å². The van der Waals surface area contributed by atoms with Gasteiger partial charge in [-0.1, -0.05) is 0 Å². The molecule has 0 atom stereocenters. The van der Waals surface area contributed by atoms with E-state index in [0.717, 1.165) is 17.7 Å². The van der Waals surface area contributed by atoms with Gasteiger partial charge in [-0.3, -0.25) is 9.80 Å². The minimum Gasteiger partial charge on any atom is -0.497 e. The van der Waals surface area contributed by atoms with Crippen molar-refractivity contribution in [1.82, 2.24) is 5.01 Å². The molecule has 0 aliphatic carbocycles. The summed E-state index contributed by atoms with van der Waals surface area (Å²) >= 11 is 0. The van der Waals surface area contributed by atoms with Gasteiger partial charge in [-0.2, -0.15) is 5.10 Å². The maximum absolute atomic E-state index is 13.4. The van der Waals surface area contributed by atoms with E-state index in [2.05, 4.69) is 22.1 Å². The molecule has 0 saturated heterocycles. The first-order chi connectivity index (χ1) is 14.8. The van der Waals surface area contributed by atoms with Crippen LogP contribution in [-0.2, 0) is 11.3 Å². The van der Waals surface area contributed by atoms with Crippen molar-refractivity contribution in [2.75, 3.05) is 32.8 Å². The summed E-state index contributed by atoms with van der Waals surface area (Å²) < 4.78 is 58.0. The van der Waals surface area contributed by atoms with E-state index in [1.54, 1.807) is 25.2 Å². The lowest BCUT2D eigenvalue weighted by Crippen LogP contribution is -2.27. The summed E-state index contributed by atoms with van der Waals surface area (Å²) in [6.07, 6.45) is 0.247. The lowest BCUT2D eigenvalue weighted by molar-refractivity contribution is -0.102. The summed E-state index contributed by atoms with van der Waals surface area (Å²) in [5.74, 6) is -3.61. The number of aliphatic imine (C=N–C) groups is 1. The molecule has 10 heteroatoms. The van der Waals surface area contributed by atoms with Gasteiger partial charge in [0.1, 0.15) is 24.8 Å². The second kappa shape index (κ2) is 13.0. The Hall–Kier alpha value is -3.43. The number of ether oxygens (including phenoxy) is 1. The van der Waals surface area contributed by atoms with E-state index in [9.17, 15) is 22.4 Å². The minimum absolute atomic E-state index is 0.00881. The zero-order valence-corrected chi connectivity index (χ0v) is 17.5. The van der Waals surface area contributed by atoms with E-state index >= 15 is 0 Å². The molecule has 0 saturated carbocycles. The van der Waals surface area contributed by atoms with Crippen LogP contribution in [-0.4, -0.2) is 51.2 Å². The van der Waals surface area contributed by atoms with Gasteiger partial charge in [-0.25, -0.2) is 17.6 Å². The van der Waals surface area contributed by atoms with E-state index in [0.29, 0.717) is 11.4 Å². The second-order valence-electron chi connectivity index (χ2n) is 6.21. The topological polar surface area (TPSA) is 66.3 Å². The molecule has 0 spiro atoms. The number of aldehydes is 1. The van der Waals surface area contributed by atoms with Crippen LogP contribution in [0.4, 0.5) is 23.2 Å². The number of methoxy groups -OCH3 is 1. The number of hydrogen-bond acceptors (Lipinski definition) is 6. The van der Waals surface area contributed by atoms with Crippen LogP contribution in [0.5, 0.6) is 5.75 Å². The highest BCUT2D eigenvalue weighted by molar-refractivity contribution is 6.28. The van der Waals surface area contributed by atoms with Gasteiger partial charge in [0.2, 0.25) is 0 Å². The smallest absolute Gasteiger partial charge is 0.194 e. The lowest BCUT2D eigenvalue weighted by Gasteiger charge is -2.22. The quantitative estimate of drug-likeness (QED) is 0.159. The molecule has 6 nitrogen and oxygen atoms in total. The fraction of sp³-hybridized carbons (Fsp3) is 0.286. The van der Waals surface area contributed by atoms with Crippen LogP contribution in [0.25, 0.3) is 0 Å². The zero-order chi connectivity index (χ0) is 23.4. The Bertz CT molecular complexity index is 899. The van der Waals surface area contributed by atoms with Crippen molar-refractivity contribution >= 4 is 24.4 Å². The molecule has 1 N–H and O–H groups in total. The monoisotopic (exact) mass is 440 g/mol. The molecule has 2 aromatic rings. The number of halogens is 4. The molecule has 0 bridgehead atoms. The molecule has 0 aliphatic rings. The van der Waals surface area contributed by atoms with Crippen LogP contribution in [0.2, 0.25) is 0 Å². The highest BCUT2D eigenvalue weighted by Gasteiger charge is 2.13. The van der Waals surface area contributed by atoms with Crippen molar-refractivity contribution in [3.63, 3.8) is 0 Å². The molecule has 0 fully saturated rings. The van der Waals surface area contributed by atoms with Crippen molar-refractivity contribution in [2.45, 2.75) is 13.5 Å². The largest absolute Gasteiger partial charge is 0.497 e. The number of hydrazone groups is 1. The van der Waals surface area contributed by atoms with Crippen molar-refractivity contribution in [3.8, 4) is 5.75 Å². The summed E-state index contributed by atoms with van der Waals surface area (Å²) in [7, 11) is 3.18. The molecular weight excluding hydrogens is 416 g/mol.